The average molecular weight is 348 g/mol. The highest BCUT2D eigenvalue weighted by atomic mass is 35.5. The molecular formula is C14H18ClNO3S2. The SMILES string of the molecule is CSCC[C@@H](NC(=O)C(C)Sc1ccc(Cl)cc1)C(=O)O. The summed E-state index contributed by atoms with van der Waals surface area (Å²) in [4.78, 5) is 24.1. The molecule has 1 amide bonds. The molecule has 2 atom stereocenters. The van der Waals surface area contributed by atoms with E-state index in [4.69, 9.17) is 16.7 Å². The first-order chi connectivity index (χ1) is 9.93. The molecule has 0 aromatic heterocycles. The summed E-state index contributed by atoms with van der Waals surface area (Å²) in [5.74, 6) is -0.583. The molecule has 1 aromatic rings. The minimum Gasteiger partial charge on any atom is -0.480 e. The molecule has 7 heteroatoms. The maximum absolute atomic E-state index is 12.1. The van der Waals surface area contributed by atoms with E-state index in [2.05, 4.69) is 5.32 Å². The van der Waals surface area contributed by atoms with Crippen molar-refractivity contribution in [1.29, 1.82) is 0 Å². The van der Waals surface area contributed by atoms with E-state index in [1.54, 1.807) is 30.8 Å². The first-order valence-corrected chi connectivity index (χ1v) is 9.03. The molecule has 0 saturated heterocycles. The summed E-state index contributed by atoms with van der Waals surface area (Å²) in [6, 6.07) is 6.34. The average Bonchev–Trinajstić information content (AvgIpc) is 2.45. The summed E-state index contributed by atoms with van der Waals surface area (Å²) in [5, 5.41) is 12.0. The molecule has 21 heavy (non-hydrogen) atoms. The lowest BCUT2D eigenvalue weighted by Gasteiger charge is -2.17. The van der Waals surface area contributed by atoms with E-state index >= 15 is 0 Å². The molecule has 0 aliphatic rings. The van der Waals surface area contributed by atoms with Crippen molar-refractivity contribution in [2.45, 2.75) is 29.5 Å². The fourth-order valence-electron chi connectivity index (χ4n) is 1.55. The van der Waals surface area contributed by atoms with Gasteiger partial charge in [0.1, 0.15) is 6.04 Å². The van der Waals surface area contributed by atoms with Crippen molar-refractivity contribution in [3.63, 3.8) is 0 Å². The summed E-state index contributed by atoms with van der Waals surface area (Å²) >= 11 is 8.73. The van der Waals surface area contributed by atoms with Gasteiger partial charge >= 0.3 is 5.97 Å². The largest absolute Gasteiger partial charge is 0.480 e. The normalized spacial score (nSPS) is 13.5. The van der Waals surface area contributed by atoms with Gasteiger partial charge < -0.3 is 10.4 Å². The Morgan fingerprint density at radius 1 is 1.33 bits per heavy atom. The summed E-state index contributed by atoms with van der Waals surface area (Å²) in [6.07, 6.45) is 2.32. The number of amides is 1. The number of hydrogen-bond donors (Lipinski definition) is 2. The van der Waals surface area contributed by atoms with Crippen molar-refractivity contribution in [2.75, 3.05) is 12.0 Å². The Kier molecular flexibility index (Phi) is 8.00. The Bertz CT molecular complexity index is 482. The highest BCUT2D eigenvalue weighted by Gasteiger charge is 2.23. The minimum atomic E-state index is -0.999. The molecule has 1 aromatic carbocycles. The van der Waals surface area contributed by atoms with Gasteiger partial charge in [-0.2, -0.15) is 11.8 Å². The van der Waals surface area contributed by atoms with Crippen LogP contribution in [0.25, 0.3) is 0 Å². The van der Waals surface area contributed by atoms with Gasteiger partial charge in [0, 0.05) is 9.92 Å². The van der Waals surface area contributed by atoms with Gasteiger partial charge in [0.25, 0.3) is 0 Å². The second-order valence-corrected chi connectivity index (χ2v) is 7.23. The minimum absolute atomic E-state index is 0.275. The van der Waals surface area contributed by atoms with E-state index in [0.29, 0.717) is 17.2 Å². The molecule has 0 spiro atoms. The van der Waals surface area contributed by atoms with Crippen molar-refractivity contribution >= 4 is 47.0 Å². The number of carboxylic acid groups (broad SMARTS) is 1. The van der Waals surface area contributed by atoms with Gasteiger partial charge in [-0.3, -0.25) is 4.79 Å². The quantitative estimate of drug-likeness (QED) is 0.707. The van der Waals surface area contributed by atoms with E-state index < -0.39 is 12.0 Å². The smallest absolute Gasteiger partial charge is 0.326 e. The molecule has 1 unspecified atom stereocenters. The third kappa shape index (κ3) is 6.63. The molecule has 0 aliphatic heterocycles. The summed E-state index contributed by atoms with van der Waals surface area (Å²) in [6.45, 7) is 1.75. The number of halogens is 1. The Balaban J connectivity index is 2.56. The second kappa shape index (κ2) is 9.23. The van der Waals surface area contributed by atoms with Crippen LogP contribution >= 0.6 is 35.1 Å². The molecule has 0 heterocycles. The Morgan fingerprint density at radius 2 is 1.95 bits per heavy atom. The van der Waals surface area contributed by atoms with Gasteiger partial charge in [0.15, 0.2) is 0 Å². The highest BCUT2D eigenvalue weighted by Crippen LogP contribution is 2.24. The summed E-state index contributed by atoms with van der Waals surface area (Å²) in [7, 11) is 0. The fourth-order valence-corrected chi connectivity index (χ4v) is 3.03. The van der Waals surface area contributed by atoms with Crippen LogP contribution in [0.5, 0.6) is 0 Å². The van der Waals surface area contributed by atoms with E-state index in [1.807, 2.05) is 18.4 Å². The van der Waals surface area contributed by atoms with Crippen molar-refractivity contribution < 1.29 is 14.7 Å². The van der Waals surface area contributed by atoms with Crippen molar-refractivity contribution in [2.24, 2.45) is 0 Å². The fraction of sp³-hybridized carbons (Fsp3) is 0.429. The predicted octanol–water partition coefficient (Wildman–Crippen LogP) is 3.14. The highest BCUT2D eigenvalue weighted by molar-refractivity contribution is 8.00. The van der Waals surface area contributed by atoms with Gasteiger partial charge in [-0.05, 0) is 49.6 Å². The van der Waals surface area contributed by atoms with E-state index in [9.17, 15) is 9.59 Å². The molecule has 2 N–H and O–H groups in total. The van der Waals surface area contributed by atoms with Crippen LogP contribution in [0.3, 0.4) is 0 Å². The number of carbonyl (C=O) groups excluding carboxylic acids is 1. The molecule has 0 fully saturated rings. The number of benzene rings is 1. The number of nitrogens with one attached hydrogen (secondary N) is 1. The molecule has 1 rings (SSSR count). The maximum atomic E-state index is 12.1. The van der Waals surface area contributed by atoms with Crippen molar-refractivity contribution in [3.8, 4) is 0 Å². The van der Waals surface area contributed by atoms with Crippen LogP contribution in [0, 0.1) is 0 Å². The lowest BCUT2D eigenvalue weighted by molar-refractivity contribution is -0.141. The number of aliphatic carboxylic acids is 1. The number of thioether (sulfide) groups is 2. The zero-order chi connectivity index (χ0) is 15.8. The van der Waals surface area contributed by atoms with Crippen LogP contribution < -0.4 is 5.32 Å². The topological polar surface area (TPSA) is 66.4 Å². The van der Waals surface area contributed by atoms with E-state index in [0.717, 1.165) is 4.90 Å². The predicted molar refractivity (Wildman–Crippen MR) is 89.3 cm³/mol. The molecule has 4 nitrogen and oxygen atoms in total. The van der Waals surface area contributed by atoms with Crippen molar-refractivity contribution in [3.05, 3.63) is 29.3 Å². The molecule has 116 valence electrons. The second-order valence-electron chi connectivity index (χ2n) is 4.39. The van der Waals surface area contributed by atoms with Gasteiger partial charge in [-0.25, -0.2) is 4.79 Å². The Hall–Kier alpha value is -0.850. The third-order valence-corrected chi connectivity index (χ3v) is 4.73. The van der Waals surface area contributed by atoms with Gasteiger partial charge in [-0.15, -0.1) is 11.8 Å². The third-order valence-electron chi connectivity index (χ3n) is 2.72. The van der Waals surface area contributed by atoms with E-state index in [1.165, 1.54) is 11.8 Å². The van der Waals surface area contributed by atoms with Crippen LogP contribution in [0.4, 0.5) is 0 Å². The summed E-state index contributed by atoms with van der Waals surface area (Å²) < 4.78 is 0. The lowest BCUT2D eigenvalue weighted by atomic mass is 10.2. The molecule has 0 aliphatic carbocycles. The van der Waals surface area contributed by atoms with Crippen LogP contribution in [0.2, 0.25) is 5.02 Å². The van der Waals surface area contributed by atoms with Crippen LogP contribution in [0.15, 0.2) is 29.2 Å². The van der Waals surface area contributed by atoms with Crippen LogP contribution in [0.1, 0.15) is 13.3 Å². The van der Waals surface area contributed by atoms with Crippen molar-refractivity contribution in [1.82, 2.24) is 5.32 Å². The Morgan fingerprint density at radius 3 is 2.48 bits per heavy atom. The van der Waals surface area contributed by atoms with Crippen LogP contribution in [-0.4, -0.2) is 40.3 Å². The number of carboxylic acids is 1. The van der Waals surface area contributed by atoms with Gasteiger partial charge in [-0.1, -0.05) is 11.6 Å². The number of carbonyl (C=O) groups is 2. The van der Waals surface area contributed by atoms with Gasteiger partial charge in [0.2, 0.25) is 5.91 Å². The number of hydrogen-bond acceptors (Lipinski definition) is 4. The summed E-state index contributed by atoms with van der Waals surface area (Å²) in [5.41, 5.74) is 0. The Labute approximate surface area is 138 Å². The molecule has 0 radical (unpaired) electrons. The zero-order valence-electron chi connectivity index (χ0n) is 11.8. The zero-order valence-corrected chi connectivity index (χ0v) is 14.2. The number of rotatable bonds is 8. The monoisotopic (exact) mass is 347 g/mol. The van der Waals surface area contributed by atoms with E-state index in [-0.39, 0.29) is 11.2 Å². The first kappa shape index (κ1) is 18.2. The lowest BCUT2D eigenvalue weighted by Crippen LogP contribution is -2.44. The first-order valence-electron chi connectivity index (χ1n) is 6.38. The van der Waals surface area contributed by atoms with Crippen LogP contribution in [-0.2, 0) is 9.59 Å². The molecule has 0 saturated carbocycles. The molecular weight excluding hydrogens is 330 g/mol. The van der Waals surface area contributed by atoms with Gasteiger partial charge in [0.05, 0.1) is 5.25 Å². The maximum Gasteiger partial charge on any atom is 0.326 e. The standard InChI is InChI=1S/C14H18ClNO3S2/c1-9(21-11-5-3-10(15)4-6-11)13(17)16-12(14(18)19)7-8-20-2/h3-6,9,12H,7-8H2,1-2H3,(H,16,17)(H,18,19)/t9?,12-/m1/s1. The molecule has 0 bridgehead atoms.